The molecule has 1 fully saturated rings. The fraction of sp³-hybridized carbons (Fsp3) is 1.00. The van der Waals surface area contributed by atoms with Gasteiger partial charge < -0.3 is 10.1 Å². The van der Waals surface area contributed by atoms with Gasteiger partial charge in [-0.25, -0.2) is 0 Å². The van der Waals surface area contributed by atoms with Gasteiger partial charge in [0.2, 0.25) is 0 Å². The minimum Gasteiger partial charge on any atom is -0.370 e. The normalized spacial score (nSPS) is 25.8. The summed E-state index contributed by atoms with van der Waals surface area (Å²) in [7, 11) is 0. The zero-order valence-electron chi connectivity index (χ0n) is 11.2. The van der Waals surface area contributed by atoms with E-state index < -0.39 is 0 Å². The third-order valence-corrected chi connectivity index (χ3v) is 2.93. The van der Waals surface area contributed by atoms with E-state index in [0.29, 0.717) is 6.04 Å². The summed E-state index contributed by atoms with van der Waals surface area (Å²) in [5.74, 6) is 0.742. The topological polar surface area (TPSA) is 21.3 Å². The summed E-state index contributed by atoms with van der Waals surface area (Å²) in [5.41, 5.74) is 0.0656. The van der Waals surface area contributed by atoms with Crippen molar-refractivity contribution in [2.75, 3.05) is 6.54 Å². The molecule has 0 unspecified atom stereocenters. The Bertz CT molecular complexity index is 193. The summed E-state index contributed by atoms with van der Waals surface area (Å²) in [5, 5.41) is 3.54. The fourth-order valence-electron chi connectivity index (χ4n) is 2.84. The highest BCUT2D eigenvalue weighted by Crippen LogP contribution is 2.37. The van der Waals surface area contributed by atoms with Gasteiger partial charge in [-0.1, -0.05) is 13.8 Å². The Morgan fingerprint density at radius 2 is 1.60 bits per heavy atom. The molecule has 1 heterocycles. The summed E-state index contributed by atoms with van der Waals surface area (Å²) >= 11 is 0. The molecule has 2 heteroatoms. The van der Waals surface area contributed by atoms with Crippen LogP contribution in [0.15, 0.2) is 0 Å². The third-order valence-electron chi connectivity index (χ3n) is 2.93. The molecule has 0 radical (unpaired) electrons. The molecule has 1 N–H and O–H groups in total. The molecule has 0 bridgehead atoms. The number of hydrogen-bond donors (Lipinski definition) is 1. The van der Waals surface area contributed by atoms with Gasteiger partial charge in [-0.3, -0.25) is 0 Å². The fourth-order valence-corrected chi connectivity index (χ4v) is 2.84. The Morgan fingerprint density at radius 1 is 1.13 bits per heavy atom. The minimum absolute atomic E-state index is 0.0328. The summed E-state index contributed by atoms with van der Waals surface area (Å²) in [6.45, 7) is 14.3. The SMILES string of the molecule is CC(C)NCC1CC(C)(C)OC(C)(C)C1. The second kappa shape index (κ2) is 4.42. The molecule has 0 atom stereocenters. The van der Waals surface area contributed by atoms with E-state index in [4.69, 9.17) is 4.74 Å². The molecule has 2 nitrogen and oxygen atoms in total. The molecule has 0 spiro atoms. The van der Waals surface area contributed by atoms with E-state index in [1.807, 2.05) is 0 Å². The van der Waals surface area contributed by atoms with Crippen LogP contribution >= 0.6 is 0 Å². The first-order valence-corrected chi connectivity index (χ1v) is 6.14. The van der Waals surface area contributed by atoms with E-state index in [9.17, 15) is 0 Å². The van der Waals surface area contributed by atoms with Crippen LogP contribution in [0, 0.1) is 5.92 Å². The molecule has 1 saturated heterocycles. The van der Waals surface area contributed by atoms with E-state index in [1.54, 1.807) is 0 Å². The van der Waals surface area contributed by atoms with Crippen molar-refractivity contribution in [1.82, 2.24) is 5.32 Å². The van der Waals surface area contributed by atoms with Crippen molar-refractivity contribution in [3.8, 4) is 0 Å². The lowest BCUT2D eigenvalue weighted by Crippen LogP contribution is -2.48. The lowest BCUT2D eigenvalue weighted by molar-refractivity contribution is -0.172. The van der Waals surface area contributed by atoms with E-state index >= 15 is 0 Å². The lowest BCUT2D eigenvalue weighted by atomic mass is 9.80. The first-order chi connectivity index (χ1) is 6.70. The molecule has 0 aromatic heterocycles. The zero-order chi connectivity index (χ0) is 11.7. The van der Waals surface area contributed by atoms with Crippen molar-refractivity contribution in [2.24, 2.45) is 5.92 Å². The van der Waals surface area contributed by atoms with Crippen LogP contribution in [0.2, 0.25) is 0 Å². The van der Waals surface area contributed by atoms with E-state index in [-0.39, 0.29) is 11.2 Å². The number of hydrogen-bond acceptors (Lipinski definition) is 2. The summed E-state index contributed by atoms with van der Waals surface area (Å²) in [6.07, 6.45) is 2.33. The van der Waals surface area contributed by atoms with Crippen LogP contribution < -0.4 is 5.32 Å². The smallest absolute Gasteiger partial charge is 0.0636 e. The maximum absolute atomic E-state index is 6.07. The second-order valence-electron chi connectivity index (χ2n) is 6.46. The molecule has 15 heavy (non-hydrogen) atoms. The molecule has 0 aliphatic carbocycles. The Morgan fingerprint density at radius 3 is 2.00 bits per heavy atom. The molecule has 0 saturated carbocycles. The Labute approximate surface area is 94.8 Å². The Kier molecular flexibility index (Phi) is 3.83. The first-order valence-electron chi connectivity index (χ1n) is 6.14. The highest BCUT2D eigenvalue weighted by molar-refractivity contribution is 4.89. The van der Waals surface area contributed by atoms with Gasteiger partial charge in [0, 0.05) is 6.04 Å². The highest BCUT2D eigenvalue weighted by atomic mass is 16.5. The third kappa shape index (κ3) is 4.52. The van der Waals surface area contributed by atoms with Crippen LogP contribution in [0.5, 0.6) is 0 Å². The van der Waals surface area contributed by atoms with Gasteiger partial charge >= 0.3 is 0 Å². The summed E-state index contributed by atoms with van der Waals surface area (Å²) in [6, 6.07) is 0.582. The van der Waals surface area contributed by atoms with Crippen molar-refractivity contribution >= 4 is 0 Å². The van der Waals surface area contributed by atoms with Gasteiger partial charge in [0.05, 0.1) is 11.2 Å². The highest BCUT2D eigenvalue weighted by Gasteiger charge is 2.38. The quantitative estimate of drug-likeness (QED) is 0.778. The van der Waals surface area contributed by atoms with Gasteiger partial charge in [0.25, 0.3) is 0 Å². The van der Waals surface area contributed by atoms with E-state index in [0.717, 1.165) is 25.3 Å². The van der Waals surface area contributed by atoms with Gasteiger partial charge in [-0.05, 0) is 53.0 Å². The second-order valence-corrected chi connectivity index (χ2v) is 6.46. The number of nitrogens with one attached hydrogen (secondary N) is 1. The van der Waals surface area contributed by atoms with Crippen molar-refractivity contribution in [2.45, 2.75) is 71.6 Å². The molecule has 0 aromatic carbocycles. The summed E-state index contributed by atoms with van der Waals surface area (Å²) in [4.78, 5) is 0. The average molecular weight is 213 g/mol. The summed E-state index contributed by atoms with van der Waals surface area (Å²) < 4.78 is 6.07. The van der Waals surface area contributed by atoms with Gasteiger partial charge in [-0.15, -0.1) is 0 Å². The first kappa shape index (κ1) is 13.0. The van der Waals surface area contributed by atoms with Gasteiger partial charge in [0.1, 0.15) is 0 Å². The lowest BCUT2D eigenvalue weighted by Gasteiger charge is -2.45. The van der Waals surface area contributed by atoms with Crippen molar-refractivity contribution < 1.29 is 4.74 Å². The predicted molar refractivity (Wildman–Crippen MR) is 65.1 cm³/mol. The molecular weight excluding hydrogens is 186 g/mol. The molecule has 90 valence electrons. The van der Waals surface area contributed by atoms with Crippen LogP contribution in [0.1, 0.15) is 54.4 Å². The maximum atomic E-state index is 6.07. The Balaban J connectivity index is 2.52. The van der Waals surface area contributed by atoms with E-state index in [2.05, 4.69) is 46.9 Å². The minimum atomic E-state index is 0.0328. The van der Waals surface area contributed by atoms with Crippen molar-refractivity contribution in [3.05, 3.63) is 0 Å². The molecule has 1 rings (SSSR count). The molecule has 1 aliphatic rings. The number of ether oxygens (including phenoxy) is 1. The van der Waals surface area contributed by atoms with Crippen molar-refractivity contribution in [3.63, 3.8) is 0 Å². The van der Waals surface area contributed by atoms with Crippen LogP contribution in [0.3, 0.4) is 0 Å². The average Bonchev–Trinajstić information content (AvgIpc) is 1.94. The van der Waals surface area contributed by atoms with Gasteiger partial charge in [-0.2, -0.15) is 0 Å². The Hall–Kier alpha value is -0.0800. The molecular formula is C13H27NO. The van der Waals surface area contributed by atoms with Crippen LogP contribution in [-0.4, -0.2) is 23.8 Å². The van der Waals surface area contributed by atoms with Crippen LogP contribution in [0.25, 0.3) is 0 Å². The van der Waals surface area contributed by atoms with Crippen molar-refractivity contribution in [1.29, 1.82) is 0 Å². The largest absolute Gasteiger partial charge is 0.370 e. The zero-order valence-corrected chi connectivity index (χ0v) is 11.2. The standard InChI is InChI=1S/C13H27NO/c1-10(2)14-9-11-7-12(3,4)15-13(5,6)8-11/h10-11,14H,7-9H2,1-6H3. The molecule has 0 amide bonds. The molecule has 1 aliphatic heterocycles. The van der Waals surface area contributed by atoms with Crippen LogP contribution in [-0.2, 0) is 4.74 Å². The number of rotatable bonds is 3. The van der Waals surface area contributed by atoms with Gasteiger partial charge in [0.15, 0.2) is 0 Å². The van der Waals surface area contributed by atoms with Crippen LogP contribution in [0.4, 0.5) is 0 Å². The monoisotopic (exact) mass is 213 g/mol. The van der Waals surface area contributed by atoms with E-state index in [1.165, 1.54) is 0 Å². The molecule has 0 aromatic rings. The maximum Gasteiger partial charge on any atom is 0.0636 e. The predicted octanol–water partition coefficient (Wildman–Crippen LogP) is 2.97.